The largest absolute Gasteiger partial charge is 0.504 e. The second-order valence-corrected chi connectivity index (χ2v) is 2.21. The summed E-state index contributed by atoms with van der Waals surface area (Å²) in [4.78, 5) is 0. The maximum absolute atomic E-state index is 9.24. The quantitative estimate of drug-likeness (QED) is 0.813. The first-order chi connectivity index (χ1) is 5.27. The van der Waals surface area contributed by atoms with E-state index in [-0.39, 0.29) is 22.7 Å². The summed E-state index contributed by atoms with van der Waals surface area (Å²) < 4.78 is 4.85. The molecule has 1 aromatic carbocycles. The summed E-state index contributed by atoms with van der Waals surface area (Å²) in [5.74, 6) is 0.609. The molecule has 0 unspecified atom stereocenters. The van der Waals surface area contributed by atoms with Gasteiger partial charge in [-0.3, -0.25) is 0 Å². The minimum absolute atomic E-state index is 0. The van der Waals surface area contributed by atoms with E-state index >= 15 is 0 Å². The Morgan fingerprint density at radius 3 is 2.58 bits per heavy atom. The molecule has 0 aromatic heterocycles. The second kappa shape index (κ2) is 5.00. The first-order valence-electron chi connectivity index (χ1n) is 3.34. The predicted octanol–water partition coefficient (Wildman–Crippen LogP) is 1.44. The zero-order valence-electron chi connectivity index (χ0n) is 6.78. The molecule has 0 spiro atoms. The Balaban J connectivity index is 0.00000121. The van der Waals surface area contributed by atoms with E-state index in [0.717, 1.165) is 5.56 Å². The lowest BCUT2D eigenvalue weighted by Gasteiger charge is -2.03. The third-order valence-corrected chi connectivity index (χ3v) is 1.48. The van der Waals surface area contributed by atoms with Crippen molar-refractivity contribution in [2.45, 2.75) is 6.54 Å². The van der Waals surface area contributed by atoms with Crippen molar-refractivity contribution >= 4 is 17.0 Å². The smallest absolute Gasteiger partial charge is 0.160 e. The molecule has 12 heavy (non-hydrogen) atoms. The molecule has 0 saturated heterocycles. The third kappa shape index (κ3) is 2.39. The van der Waals surface area contributed by atoms with Gasteiger partial charge in [-0.1, -0.05) is 6.07 Å². The molecule has 3 N–H and O–H groups in total. The van der Waals surface area contributed by atoms with Crippen molar-refractivity contribution < 1.29 is 9.84 Å². The summed E-state index contributed by atoms with van der Waals surface area (Å²) in [7, 11) is 1.51. The van der Waals surface area contributed by atoms with Gasteiger partial charge in [0.1, 0.15) is 0 Å². The number of methoxy groups -OCH3 is 1. The Kier molecular flexibility index (Phi) is 4.70. The van der Waals surface area contributed by atoms with Crippen LogP contribution in [0.1, 0.15) is 5.56 Å². The highest BCUT2D eigenvalue weighted by atomic mass is 79.9. The molecule has 0 bridgehead atoms. The van der Waals surface area contributed by atoms with Crippen molar-refractivity contribution in [3.05, 3.63) is 23.8 Å². The van der Waals surface area contributed by atoms with Crippen LogP contribution in [0.4, 0.5) is 0 Å². The van der Waals surface area contributed by atoms with Gasteiger partial charge in [0, 0.05) is 6.54 Å². The van der Waals surface area contributed by atoms with Gasteiger partial charge < -0.3 is 15.6 Å². The monoisotopic (exact) mass is 233 g/mol. The summed E-state index contributed by atoms with van der Waals surface area (Å²) in [5.41, 5.74) is 6.25. The number of hydrogen-bond donors (Lipinski definition) is 2. The molecule has 0 saturated carbocycles. The molecule has 0 aliphatic rings. The van der Waals surface area contributed by atoms with Crippen molar-refractivity contribution in [3.8, 4) is 11.5 Å². The van der Waals surface area contributed by atoms with Crippen LogP contribution in [0.5, 0.6) is 11.5 Å². The standard InChI is InChI=1S/C8H11NO2.BrH/c1-11-8-3-2-6(5-9)4-7(8)10;/h2-4,10H,5,9H2,1H3;1H. The predicted molar refractivity (Wildman–Crippen MR) is 52.9 cm³/mol. The molecule has 0 heterocycles. The molecular weight excluding hydrogens is 222 g/mol. The van der Waals surface area contributed by atoms with Crippen molar-refractivity contribution in [1.29, 1.82) is 0 Å². The molecule has 0 radical (unpaired) electrons. The highest BCUT2D eigenvalue weighted by molar-refractivity contribution is 8.93. The summed E-state index contributed by atoms with van der Waals surface area (Å²) in [6, 6.07) is 5.11. The average molecular weight is 234 g/mol. The number of halogens is 1. The van der Waals surface area contributed by atoms with Gasteiger partial charge in [0.05, 0.1) is 7.11 Å². The number of phenols is 1. The van der Waals surface area contributed by atoms with Gasteiger partial charge in [-0.15, -0.1) is 17.0 Å². The van der Waals surface area contributed by atoms with E-state index in [2.05, 4.69) is 0 Å². The number of rotatable bonds is 2. The number of nitrogens with two attached hydrogens (primary N) is 1. The van der Waals surface area contributed by atoms with Crippen LogP contribution in [0.3, 0.4) is 0 Å². The first kappa shape index (κ1) is 11.3. The molecule has 3 nitrogen and oxygen atoms in total. The van der Waals surface area contributed by atoms with Gasteiger partial charge in [0.2, 0.25) is 0 Å². The minimum Gasteiger partial charge on any atom is -0.504 e. The van der Waals surface area contributed by atoms with Crippen LogP contribution < -0.4 is 10.5 Å². The maximum atomic E-state index is 9.24. The van der Waals surface area contributed by atoms with E-state index in [4.69, 9.17) is 10.5 Å². The van der Waals surface area contributed by atoms with E-state index in [0.29, 0.717) is 12.3 Å². The fraction of sp³-hybridized carbons (Fsp3) is 0.250. The topological polar surface area (TPSA) is 55.5 Å². The fourth-order valence-corrected chi connectivity index (χ4v) is 0.863. The lowest BCUT2D eigenvalue weighted by Crippen LogP contribution is -1.95. The summed E-state index contributed by atoms with van der Waals surface area (Å²) >= 11 is 0. The highest BCUT2D eigenvalue weighted by Gasteiger charge is 1.99. The van der Waals surface area contributed by atoms with E-state index in [9.17, 15) is 5.11 Å². The van der Waals surface area contributed by atoms with E-state index in [1.165, 1.54) is 7.11 Å². The van der Waals surface area contributed by atoms with E-state index in [1.54, 1.807) is 12.1 Å². The minimum atomic E-state index is 0. The molecular formula is C8H12BrNO2. The summed E-state index contributed by atoms with van der Waals surface area (Å²) in [5, 5.41) is 9.24. The molecule has 4 heteroatoms. The van der Waals surface area contributed by atoms with Crippen LogP contribution in [0.15, 0.2) is 18.2 Å². The Hall–Kier alpha value is -0.740. The SMILES string of the molecule is Br.COc1ccc(CN)cc1O. The Bertz CT molecular complexity index is 253. The average Bonchev–Trinajstić information content (AvgIpc) is 2.04. The van der Waals surface area contributed by atoms with Crippen molar-refractivity contribution in [2.24, 2.45) is 5.73 Å². The molecule has 68 valence electrons. The van der Waals surface area contributed by atoms with Crippen LogP contribution in [-0.2, 0) is 6.54 Å². The number of aromatic hydroxyl groups is 1. The molecule has 1 rings (SSSR count). The highest BCUT2D eigenvalue weighted by Crippen LogP contribution is 2.25. The zero-order valence-corrected chi connectivity index (χ0v) is 8.49. The maximum Gasteiger partial charge on any atom is 0.160 e. The molecule has 0 atom stereocenters. The summed E-state index contributed by atoms with van der Waals surface area (Å²) in [6.07, 6.45) is 0. The molecule has 0 amide bonds. The van der Waals surface area contributed by atoms with Crippen molar-refractivity contribution in [2.75, 3.05) is 7.11 Å². The van der Waals surface area contributed by atoms with Crippen LogP contribution >= 0.6 is 17.0 Å². The van der Waals surface area contributed by atoms with Gasteiger partial charge in [-0.05, 0) is 17.7 Å². The van der Waals surface area contributed by atoms with Gasteiger partial charge in [-0.25, -0.2) is 0 Å². The Morgan fingerprint density at radius 2 is 2.17 bits per heavy atom. The van der Waals surface area contributed by atoms with Gasteiger partial charge >= 0.3 is 0 Å². The lowest BCUT2D eigenvalue weighted by atomic mass is 10.2. The van der Waals surface area contributed by atoms with Crippen LogP contribution in [0.2, 0.25) is 0 Å². The van der Waals surface area contributed by atoms with Gasteiger partial charge in [0.25, 0.3) is 0 Å². The van der Waals surface area contributed by atoms with Crippen LogP contribution in [0.25, 0.3) is 0 Å². The third-order valence-electron chi connectivity index (χ3n) is 1.48. The molecule has 1 aromatic rings. The Labute approximate surface area is 81.9 Å². The van der Waals surface area contributed by atoms with Crippen LogP contribution in [0, 0.1) is 0 Å². The number of hydrogen-bond acceptors (Lipinski definition) is 3. The Morgan fingerprint density at radius 1 is 1.50 bits per heavy atom. The van der Waals surface area contributed by atoms with Gasteiger partial charge in [-0.2, -0.15) is 0 Å². The zero-order chi connectivity index (χ0) is 8.27. The number of ether oxygens (including phenoxy) is 1. The molecule has 0 fully saturated rings. The second-order valence-electron chi connectivity index (χ2n) is 2.21. The van der Waals surface area contributed by atoms with Crippen molar-refractivity contribution in [3.63, 3.8) is 0 Å². The van der Waals surface area contributed by atoms with Gasteiger partial charge in [0.15, 0.2) is 11.5 Å². The normalized spacial score (nSPS) is 8.83. The summed E-state index contributed by atoms with van der Waals surface area (Å²) in [6.45, 7) is 0.428. The molecule has 0 aliphatic heterocycles. The van der Waals surface area contributed by atoms with Crippen molar-refractivity contribution in [1.82, 2.24) is 0 Å². The number of benzene rings is 1. The first-order valence-corrected chi connectivity index (χ1v) is 3.34. The van der Waals surface area contributed by atoms with Crippen LogP contribution in [-0.4, -0.2) is 12.2 Å². The number of phenolic OH excluding ortho intramolecular Hbond substituents is 1. The van der Waals surface area contributed by atoms with E-state index in [1.807, 2.05) is 6.07 Å². The van der Waals surface area contributed by atoms with E-state index < -0.39 is 0 Å². The fourth-order valence-electron chi connectivity index (χ4n) is 0.863. The molecule has 0 aliphatic carbocycles. The lowest BCUT2D eigenvalue weighted by molar-refractivity contribution is 0.373.